The number of hydrogen-bond acceptors (Lipinski definition) is 5. The summed E-state index contributed by atoms with van der Waals surface area (Å²) in [5, 5.41) is 16.7. The van der Waals surface area contributed by atoms with E-state index in [1.807, 2.05) is 6.07 Å². The fourth-order valence-corrected chi connectivity index (χ4v) is 2.06. The van der Waals surface area contributed by atoms with Gasteiger partial charge in [0.25, 0.3) is 0 Å². The Morgan fingerprint density at radius 3 is 2.41 bits per heavy atom. The zero-order valence-electron chi connectivity index (χ0n) is 10.9. The molecule has 0 aromatic rings. The van der Waals surface area contributed by atoms with Crippen LogP contribution in [0.25, 0.3) is 0 Å². The number of nitriles is 1. The highest BCUT2D eigenvalue weighted by Gasteiger charge is 2.54. The molecule has 5 nitrogen and oxygen atoms in total. The van der Waals surface area contributed by atoms with E-state index in [2.05, 4.69) is 10.2 Å². The lowest BCUT2D eigenvalue weighted by Gasteiger charge is -2.36. The quantitative estimate of drug-likeness (QED) is 0.685. The van der Waals surface area contributed by atoms with Crippen LogP contribution in [0.5, 0.6) is 0 Å². The Hall–Kier alpha value is -1.57. The summed E-state index contributed by atoms with van der Waals surface area (Å²) >= 11 is 0. The van der Waals surface area contributed by atoms with Crippen LogP contribution in [-0.4, -0.2) is 23.7 Å². The monoisotopic (exact) mass is 235 g/mol. The molecule has 0 radical (unpaired) electrons. The molecule has 0 aromatic carbocycles. The number of nitrogens with zero attached hydrogens (tertiary/aromatic N) is 3. The van der Waals surface area contributed by atoms with Crippen LogP contribution in [0.2, 0.25) is 0 Å². The van der Waals surface area contributed by atoms with Crippen molar-refractivity contribution in [2.24, 2.45) is 21.1 Å². The maximum Gasteiger partial charge on any atom is 0.176 e. The van der Waals surface area contributed by atoms with Gasteiger partial charge < -0.3 is 0 Å². The van der Waals surface area contributed by atoms with Crippen LogP contribution in [0.15, 0.2) is 10.2 Å². The van der Waals surface area contributed by atoms with Crippen LogP contribution in [0.4, 0.5) is 0 Å². The summed E-state index contributed by atoms with van der Waals surface area (Å²) in [6, 6.07) is 1.94. The fourth-order valence-electron chi connectivity index (χ4n) is 2.06. The van der Waals surface area contributed by atoms with Crippen molar-refractivity contribution in [2.75, 3.05) is 6.54 Å². The number of carbonyl (C=O) groups excluding carboxylic acids is 2. The molecule has 0 spiro atoms. The number of hydrogen-bond donors (Lipinski definition) is 0. The first-order chi connectivity index (χ1) is 7.58. The topological polar surface area (TPSA) is 82.7 Å². The van der Waals surface area contributed by atoms with Gasteiger partial charge in [-0.15, -0.1) is 0 Å². The number of rotatable bonds is 2. The molecule has 1 rings (SSSR count). The van der Waals surface area contributed by atoms with E-state index in [1.165, 1.54) is 13.8 Å². The number of azo groups is 1. The lowest BCUT2D eigenvalue weighted by molar-refractivity contribution is -0.146. The summed E-state index contributed by atoms with van der Waals surface area (Å²) in [5.41, 5.74) is -3.42. The molecule has 0 fully saturated rings. The van der Waals surface area contributed by atoms with E-state index >= 15 is 0 Å². The fraction of sp³-hybridized carbons (Fsp3) is 0.750. The third kappa shape index (κ3) is 1.99. The predicted octanol–water partition coefficient (Wildman–Crippen LogP) is 1.93. The van der Waals surface area contributed by atoms with Crippen molar-refractivity contribution >= 4 is 11.6 Å². The second kappa shape index (κ2) is 3.73. The van der Waals surface area contributed by atoms with E-state index < -0.39 is 16.4 Å². The Labute approximate surface area is 101 Å². The largest absolute Gasteiger partial charge is 0.297 e. The Bertz CT molecular complexity index is 443. The molecule has 17 heavy (non-hydrogen) atoms. The van der Waals surface area contributed by atoms with Gasteiger partial charge in [-0.25, -0.2) is 0 Å². The van der Waals surface area contributed by atoms with Crippen molar-refractivity contribution in [3.05, 3.63) is 0 Å². The van der Waals surface area contributed by atoms with Crippen molar-refractivity contribution < 1.29 is 9.59 Å². The van der Waals surface area contributed by atoms with Gasteiger partial charge in [-0.05, 0) is 34.6 Å². The molecule has 0 aliphatic carbocycles. The van der Waals surface area contributed by atoms with Gasteiger partial charge in [0.1, 0.15) is 16.4 Å². The maximum atomic E-state index is 12.3. The van der Waals surface area contributed by atoms with Crippen LogP contribution in [0, 0.1) is 22.2 Å². The van der Waals surface area contributed by atoms with Crippen LogP contribution in [0.3, 0.4) is 0 Å². The van der Waals surface area contributed by atoms with Gasteiger partial charge >= 0.3 is 0 Å². The first kappa shape index (κ1) is 13.5. The van der Waals surface area contributed by atoms with Crippen molar-refractivity contribution in [1.82, 2.24) is 0 Å². The predicted molar refractivity (Wildman–Crippen MR) is 61.3 cm³/mol. The van der Waals surface area contributed by atoms with Crippen molar-refractivity contribution in [1.29, 1.82) is 5.26 Å². The molecular formula is C12H17N3O2. The molecular weight excluding hydrogens is 218 g/mol. The first-order valence-corrected chi connectivity index (χ1v) is 5.48. The standard InChI is InChI=1S/C12H17N3O2/c1-10(2,6-13)8(16)12(5)7-14-15-11(3,4)9(12)17/h7H2,1-5H3. The van der Waals surface area contributed by atoms with Gasteiger partial charge in [0.15, 0.2) is 11.6 Å². The maximum absolute atomic E-state index is 12.3. The minimum Gasteiger partial charge on any atom is -0.297 e. The molecule has 1 unspecified atom stereocenters. The van der Waals surface area contributed by atoms with E-state index in [0.29, 0.717) is 0 Å². The van der Waals surface area contributed by atoms with Crippen LogP contribution in [0.1, 0.15) is 34.6 Å². The van der Waals surface area contributed by atoms with Crippen molar-refractivity contribution in [2.45, 2.75) is 40.2 Å². The molecule has 5 heteroatoms. The van der Waals surface area contributed by atoms with Gasteiger partial charge in [0, 0.05) is 0 Å². The molecule has 1 aliphatic heterocycles. The summed E-state index contributed by atoms with van der Waals surface area (Å²) in [7, 11) is 0. The Morgan fingerprint density at radius 2 is 1.94 bits per heavy atom. The van der Waals surface area contributed by atoms with Gasteiger partial charge in [0.2, 0.25) is 0 Å². The highest BCUT2D eigenvalue weighted by Crippen LogP contribution is 2.37. The summed E-state index contributed by atoms with van der Waals surface area (Å²) < 4.78 is 0. The van der Waals surface area contributed by atoms with Crippen molar-refractivity contribution in [3.63, 3.8) is 0 Å². The van der Waals surface area contributed by atoms with E-state index in [0.717, 1.165) is 0 Å². The van der Waals surface area contributed by atoms with Crippen molar-refractivity contribution in [3.8, 4) is 6.07 Å². The second-order valence-corrected chi connectivity index (χ2v) is 5.69. The number of carbonyl (C=O) groups is 2. The normalized spacial score (nSPS) is 27.6. The van der Waals surface area contributed by atoms with Gasteiger partial charge in [0.05, 0.1) is 12.6 Å². The second-order valence-electron chi connectivity index (χ2n) is 5.69. The Balaban J connectivity index is 3.23. The smallest absolute Gasteiger partial charge is 0.176 e. The molecule has 0 bridgehead atoms. The average molecular weight is 235 g/mol. The minimum absolute atomic E-state index is 0.0270. The highest BCUT2D eigenvalue weighted by molar-refractivity contribution is 6.13. The SMILES string of the molecule is CC(C)(C#N)C(=O)C1(C)CN=NC(C)(C)C1=O. The highest BCUT2D eigenvalue weighted by atomic mass is 16.2. The number of Topliss-reactive ketones (excluding diaryl/α,β-unsaturated/α-hetero) is 2. The van der Waals surface area contributed by atoms with E-state index in [1.54, 1.807) is 20.8 Å². The van der Waals surface area contributed by atoms with Crippen LogP contribution in [-0.2, 0) is 9.59 Å². The van der Waals surface area contributed by atoms with E-state index in [4.69, 9.17) is 5.26 Å². The van der Waals surface area contributed by atoms with Gasteiger partial charge in [-0.2, -0.15) is 15.5 Å². The van der Waals surface area contributed by atoms with Gasteiger partial charge in [-0.1, -0.05) is 0 Å². The summed E-state index contributed by atoms with van der Waals surface area (Å²) in [5.74, 6) is -0.655. The Kier molecular flexibility index (Phi) is 2.96. The van der Waals surface area contributed by atoms with Gasteiger partial charge in [-0.3, -0.25) is 9.59 Å². The Morgan fingerprint density at radius 1 is 1.41 bits per heavy atom. The lowest BCUT2D eigenvalue weighted by Crippen LogP contribution is -2.54. The molecule has 0 N–H and O–H groups in total. The zero-order chi connectivity index (χ0) is 13.5. The lowest BCUT2D eigenvalue weighted by atomic mass is 9.66. The van der Waals surface area contributed by atoms with E-state index in [-0.39, 0.29) is 18.1 Å². The summed E-state index contributed by atoms with van der Waals surface area (Å²) in [6.07, 6.45) is 0. The first-order valence-electron chi connectivity index (χ1n) is 5.48. The minimum atomic E-state index is -1.25. The average Bonchev–Trinajstić information content (AvgIpc) is 2.24. The number of ketones is 2. The molecule has 1 aliphatic rings. The zero-order valence-corrected chi connectivity index (χ0v) is 10.9. The molecule has 92 valence electrons. The molecule has 1 heterocycles. The van der Waals surface area contributed by atoms with Crippen LogP contribution < -0.4 is 0 Å². The third-order valence-electron chi connectivity index (χ3n) is 3.11. The third-order valence-corrected chi connectivity index (χ3v) is 3.11. The molecule has 1 atom stereocenters. The summed E-state index contributed by atoms with van der Waals surface area (Å²) in [6.45, 7) is 7.88. The summed E-state index contributed by atoms with van der Waals surface area (Å²) in [4.78, 5) is 24.6. The van der Waals surface area contributed by atoms with Crippen LogP contribution >= 0.6 is 0 Å². The van der Waals surface area contributed by atoms with E-state index in [9.17, 15) is 9.59 Å². The molecule has 0 saturated heterocycles. The molecule has 0 amide bonds. The molecule has 0 saturated carbocycles. The molecule has 0 aromatic heterocycles.